The molecule has 0 radical (unpaired) electrons. The molecule has 1 unspecified atom stereocenters. The third-order valence-electron chi connectivity index (χ3n) is 6.86. The third-order valence-corrected chi connectivity index (χ3v) is 9.15. The lowest BCUT2D eigenvalue weighted by Crippen LogP contribution is -2.51. The lowest BCUT2D eigenvalue weighted by atomic mass is 9.87. The van der Waals surface area contributed by atoms with Crippen molar-refractivity contribution in [1.82, 2.24) is 14.5 Å². The minimum Gasteiger partial charge on any atom is -0.387 e. The van der Waals surface area contributed by atoms with Crippen LogP contribution in [0.5, 0.6) is 0 Å². The standard InChI is InChI=1S/C21H34N3O8P/c1-6-20(7-2,32-33(29,30)21(28,8-3)9-4)16-14(25)15(26)18(31-16)24-11-13-10-12(5)22-17(13)23-19(24)27/h10-11,14-16,18,25-26,28H,6-9H2,1-5H3,(H,29,30)(H,22,23,27)/t14-,15+,16-,18+/m0/s1. The van der Waals surface area contributed by atoms with Gasteiger partial charge >= 0.3 is 13.3 Å². The van der Waals surface area contributed by atoms with Crippen LogP contribution in [-0.4, -0.2) is 64.0 Å². The molecule has 11 nitrogen and oxygen atoms in total. The summed E-state index contributed by atoms with van der Waals surface area (Å²) in [6.45, 7) is 8.35. The minimum atomic E-state index is -4.60. The molecule has 0 saturated carbocycles. The van der Waals surface area contributed by atoms with Crippen LogP contribution in [0.15, 0.2) is 17.1 Å². The number of aryl methyl sites for hydroxylation is 1. The van der Waals surface area contributed by atoms with Crippen molar-refractivity contribution in [2.45, 2.75) is 95.8 Å². The van der Waals surface area contributed by atoms with Crippen LogP contribution in [0.2, 0.25) is 0 Å². The van der Waals surface area contributed by atoms with Gasteiger partial charge in [0.25, 0.3) is 0 Å². The van der Waals surface area contributed by atoms with Crippen LogP contribution in [0.3, 0.4) is 0 Å². The first-order valence-corrected chi connectivity index (χ1v) is 12.8. The van der Waals surface area contributed by atoms with Gasteiger partial charge in [-0.2, -0.15) is 4.98 Å². The molecule has 0 spiro atoms. The number of H-pyrrole nitrogens is 1. The second-order valence-electron chi connectivity index (χ2n) is 8.69. The molecule has 2 aromatic heterocycles. The first-order chi connectivity index (χ1) is 15.4. The molecule has 1 aliphatic heterocycles. The molecule has 0 amide bonds. The Morgan fingerprint density at radius 1 is 1.18 bits per heavy atom. The number of aliphatic hydroxyl groups excluding tert-OH is 2. The van der Waals surface area contributed by atoms with Crippen molar-refractivity contribution in [3.05, 3.63) is 28.4 Å². The zero-order chi connectivity index (χ0) is 24.8. The maximum absolute atomic E-state index is 13.1. The van der Waals surface area contributed by atoms with E-state index >= 15 is 0 Å². The number of nitrogens with zero attached hydrogens (tertiary/aromatic N) is 2. The average Bonchev–Trinajstić information content (AvgIpc) is 3.29. The fourth-order valence-electron chi connectivity index (χ4n) is 4.47. The average molecular weight is 487 g/mol. The zero-order valence-corrected chi connectivity index (χ0v) is 20.5. The van der Waals surface area contributed by atoms with Crippen molar-refractivity contribution in [1.29, 1.82) is 0 Å². The van der Waals surface area contributed by atoms with E-state index in [4.69, 9.17) is 9.26 Å². The highest BCUT2D eigenvalue weighted by molar-refractivity contribution is 7.54. The second-order valence-corrected chi connectivity index (χ2v) is 10.7. The van der Waals surface area contributed by atoms with Crippen LogP contribution in [-0.2, 0) is 13.8 Å². The summed E-state index contributed by atoms with van der Waals surface area (Å²) < 4.78 is 25.9. The van der Waals surface area contributed by atoms with Gasteiger partial charge in [-0.05, 0) is 38.7 Å². The van der Waals surface area contributed by atoms with Gasteiger partial charge in [0.15, 0.2) is 11.6 Å². The number of nitrogens with one attached hydrogen (secondary N) is 1. The second kappa shape index (κ2) is 9.22. The normalized spacial score (nSPS) is 26.1. The lowest BCUT2D eigenvalue weighted by Gasteiger charge is -2.42. The van der Waals surface area contributed by atoms with Gasteiger partial charge in [0, 0.05) is 17.3 Å². The van der Waals surface area contributed by atoms with E-state index < -0.39 is 48.8 Å². The van der Waals surface area contributed by atoms with E-state index in [0.717, 1.165) is 10.3 Å². The van der Waals surface area contributed by atoms with Crippen molar-refractivity contribution in [2.24, 2.45) is 0 Å². The van der Waals surface area contributed by atoms with E-state index in [2.05, 4.69) is 9.97 Å². The summed E-state index contributed by atoms with van der Waals surface area (Å²) in [6, 6.07) is 1.78. The summed E-state index contributed by atoms with van der Waals surface area (Å²) in [5, 5.41) is 31.0. The van der Waals surface area contributed by atoms with Gasteiger partial charge in [0.1, 0.15) is 29.6 Å². The molecule has 5 N–H and O–H groups in total. The van der Waals surface area contributed by atoms with Crippen LogP contribution in [0, 0.1) is 6.92 Å². The predicted octanol–water partition coefficient (Wildman–Crippen LogP) is 1.92. The Kier molecular flexibility index (Phi) is 7.27. The molecule has 1 aliphatic rings. The topological polar surface area (TPSA) is 167 Å². The lowest BCUT2D eigenvalue weighted by molar-refractivity contribution is -0.138. The molecule has 33 heavy (non-hydrogen) atoms. The van der Waals surface area contributed by atoms with E-state index in [-0.39, 0.29) is 25.7 Å². The highest BCUT2D eigenvalue weighted by Crippen LogP contribution is 2.61. The zero-order valence-electron chi connectivity index (χ0n) is 19.6. The Labute approximate surface area is 191 Å². The Morgan fingerprint density at radius 3 is 2.33 bits per heavy atom. The molecule has 1 fully saturated rings. The number of fused-ring (bicyclic) bond motifs is 1. The van der Waals surface area contributed by atoms with Crippen molar-refractivity contribution in [3.8, 4) is 0 Å². The van der Waals surface area contributed by atoms with E-state index in [1.54, 1.807) is 33.8 Å². The van der Waals surface area contributed by atoms with Gasteiger partial charge in [-0.3, -0.25) is 13.7 Å². The maximum Gasteiger partial charge on any atom is 0.359 e. The van der Waals surface area contributed by atoms with Gasteiger partial charge in [-0.15, -0.1) is 0 Å². The Hall–Kier alpha value is -1.59. The number of rotatable bonds is 9. The number of aliphatic hydroxyl groups is 3. The van der Waals surface area contributed by atoms with Gasteiger partial charge < -0.3 is 29.9 Å². The Balaban J connectivity index is 2.00. The molecule has 5 atom stereocenters. The third kappa shape index (κ3) is 4.32. The number of aromatic amines is 1. The summed E-state index contributed by atoms with van der Waals surface area (Å²) in [4.78, 5) is 30.3. The maximum atomic E-state index is 13.1. The molecule has 12 heteroatoms. The summed E-state index contributed by atoms with van der Waals surface area (Å²) in [5.41, 5.74) is -1.02. The number of hydrogen-bond acceptors (Lipinski definition) is 8. The monoisotopic (exact) mass is 487 g/mol. The molecule has 3 heterocycles. The van der Waals surface area contributed by atoms with E-state index in [1.165, 1.54) is 6.20 Å². The van der Waals surface area contributed by atoms with Crippen molar-refractivity contribution < 1.29 is 34.0 Å². The van der Waals surface area contributed by atoms with Gasteiger partial charge in [-0.25, -0.2) is 4.79 Å². The molecule has 0 aromatic carbocycles. The summed E-state index contributed by atoms with van der Waals surface area (Å²) in [6.07, 6.45) is -3.87. The summed E-state index contributed by atoms with van der Waals surface area (Å²) >= 11 is 0. The molecule has 0 bridgehead atoms. The highest BCUT2D eigenvalue weighted by atomic mass is 31.2. The van der Waals surface area contributed by atoms with E-state index in [9.17, 15) is 29.6 Å². The smallest absolute Gasteiger partial charge is 0.359 e. The summed E-state index contributed by atoms with van der Waals surface area (Å²) in [5.74, 6) is 0. The van der Waals surface area contributed by atoms with E-state index in [0.29, 0.717) is 11.0 Å². The fraction of sp³-hybridized carbons (Fsp3) is 0.714. The number of hydrogen-bond donors (Lipinski definition) is 5. The van der Waals surface area contributed by atoms with Gasteiger partial charge in [0.2, 0.25) is 0 Å². The van der Waals surface area contributed by atoms with Gasteiger partial charge in [0.05, 0.1) is 0 Å². The largest absolute Gasteiger partial charge is 0.387 e. The Morgan fingerprint density at radius 2 is 1.79 bits per heavy atom. The molecular weight excluding hydrogens is 453 g/mol. The number of ether oxygens (including phenoxy) is 1. The SMILES string of the molecule is CCC(CC)(OP(=O)(O)C(O)(CC)CC)[C@H]1O[C@@H](n2cc3cc(C)[nH]c3nc2=O)[C@H](O)[C@@H]1O. The molecule has 2 aromatic rings. The van der Waals surface area contributed by atoms with Crippen LogP contribution >= 0.6 is 7.60 Å². The highest BCUT2D eigenvalue weighted by Gasteiger charge is 2.58. The van der Waals surface area contributed by atoms with Crippen LogP contribution in [0.1, 0.15) is 65.3 Å². The Bertz CT molecular complexity index is 1090. The van der Waals surface area contributed by atoms with Crippen LogP contribution < -0.4 is 5.69 Å². The quantitative estimate of drug-likeness (QED) is 0.332. The molecule has 3 rings (SSSR count). The van der Waals surface area contributed by atoms with Crippen molar-refractivity contribution in [2.75, 3.05) is 0 Å². The molecule has 1 saturated heterocycles. The van der Waals surface area contributed by atoms with Crippen LogP contribution in [0.4, 0.5) is 0 Å². The first kappa shape index (κ1) is 26.0. The minimum absolute atomic E-state index is 0.0166. The summed E-state index contributed by atoms with van der Waals surface area (Å²) in [7, 11) is -4.60. The van der Waals surface area contributed by atoms with Gasteiger partial charge in [-0.1, -0.05) is 27.7 Å². The molecular formula is C21H34N3O8P. The van der Waals surface area contributed by atoms with Crippen LogP contribution in [0.25, 0.3) is 11.0 Å². The van der Waals surface area contributed by atoms with Crippen molar-refractivity contribution >= 4 is 18.6 Å². The van der Waals surface area contributed by atoms with Crippen molar-refractivity contribution in [3.63, 3.8) is 0 Å². The number of aromatic nitrogens is 3. The molecule has 186 valence electrons. The molecule has 0 aliphatic carbocycles. The predicted molar refractivity (Wildman–Crippen MR) is 121 cm³/mol. The van der Waals surface area contributed by atoms with E-state index in [1.807, 2.05) is 6.92 Å². The fourth-order valence-corrected chi connectivity index (χ4v) is 6.29. The first-order valence-electron chi connectivity index (χ1n) is 11.2.